The van der Waals surface area contributed by atoms with Crippen molar-refractivity contribution in [3.05, 3.63) is 0 Å². The Balaban J connectivity index is 6.55. The summed E-state index contributed by atoms with van der Waals surface area (Å²) in [6.45, 7) is 0. The molecule has 0 bridgehead atoms. The van der Waals surface area contributed by atoms with E-state index in [1.807, 2.05) is 0 Å². The van der Waals surface area contributed by atoms with E-state index < -0.39 is 79.4 Å². The van der Waals surface area contributed by atoms with E-state index >= 15 is 0 Å². The summed E-state index contributed by atoms with van der Waals surface area (Å²) < 4.78 is 229. The summed E-state index contributed by atoms with van der Waals surface area (Å²) in [6.07, 6.45) is -10.4. The highest BCUT2D eigenvalue weighted by Crippen LogP contribution is 2.64. The molecule has 34 heavy (non-hydrogen) atoms. The molecule has 0 saturated carbocycles. The first-order valence-corrected chi connectivity index (χ1v) is 11.6. The maximum Gasteiger partial charge on any atom is 0.460 e. The van der Waals surface area contributed by atoms with E-state index in [2.05, 4.69) is 4.43 Å². The third-order valence-electron chi connectivity index (χ3n) is 4.60. The molecule has 0 radical (unpaired) electrons. The van der Waals surface area contributed by atoms with E-state index in [1.165, 1.54) is 0 Å². The van der Waals surface area contributed by atoms with Crippen molar-refractivity contribution in [2.45, 2.75) is 60.1 Å². The minimum absolute atomic E-state index is 0.749. The van der Waals surface area contributed by atoms with Gasteiger partial charge < -0.3 is 4.43 Å². The molecule has 0 fully saturated rings. The molecule has 1 nitrogen and oxygen atoms in total. The maximum atomic E-state index is 13.8. The van der Waals surface area contributed by atoms with Crippen LogP contribution < -0.4 is 0 Å². The molecule has 0 atom stereocenters. The fourth-order valence-electron chi connectivity index (χ4n) is 2.12. The first-order chi connectivity index (χ1) is 14.6. The van der Waals surface area contributed by atoms with E-state index in [9.17, 15) is 74.6 Å². The minimum Gasteiger partial charge on any atom is -0.418 e. The van der Waals surface area contributed by atoms with Crippen LogP contribution in [0.3, 0.4) is 0 Å². The van der Waals surface area contributed by atoms with Crippen LogP contribution in [0.5, 0.6) is 0 Å². The monoisotopic (exact) mass is 604 g/mol. The van der Waals surface area contributed by atoms with Crippen LogP contribution in [0.15, 0.2) is 0 Å². The maximum absolute atomic E-state index is 13.8. The van der Waals surface area contributed by atoms with Gasteiger partial charge in [0, 0.05) is 24.5 Å². The predicted molar refractivity (Wildman–Crippen MR) is 84.3 cm³/mol. The molecule has 0 aromatic rings. The van der Waals surface area contributed by atoms with Gasteiger partial charge in [-0.25, -0.2) is 0 Å². The van der Waals surface area contributed by atoms with E-state index in [1.54, 1.807) is 0 Å². The van der Waals surface area contributed by atoms with Crippen molar-refractivity contribution < 1.29 is 79.1 Å². The Kier molecular flexibility index (Phi) is 9.34. The van der Waals surface area contributed by atoms with Crippen molar-refractivity contribution >= 4 is 31.5 Å². The lowest BCUT2D eigenvalue weighted by molar-refractivity contribution is -0.461. The van der Waals surface area contributed by atoms with Gasteiger partial charge >= 0.3 is 47.6 Å². The highest BCUT2D eigenvalue weighted by Gasteiger charge is 2.95. The number of hydrogen-bond donors (Lipinski definition) is 0. The molecule has 0 aliphatic rings. The molecule has 0 saturated heterocycles. The molecular formula is C13H11Cl2F17OSi. The molecular weight excluding hydrogens is 594 g/mol. The Morgan fingerprint density at radius 3 is 1.09 bits per heavy atom. The lowest BCUT2D eigenvalue weighted by Crippen LogP contribution is -2.74. The Bertz CT molecular complexity index is 696. The topological polar surface area (TPSA) is 9.23 Å². The van der Waals surface area contributed by atoms with Crippen molar-refractivity contribution in [3.63, 3.8) is 0 Å². The molecule has 21 heteroatoms. The van der Waals surface area contributed by atoms with Crippen molar-refractivity contribution in [1.29, 1.82) is 0 Å². The number of hydrogen-bond acceptors (Lipinski definition) is 1. The van der Waals surface area contributed by atoms with Gasteiger partial charge in [0.1, 0.15) is 0 Å². The van der Waals surface area contributed by atoms with Crippen LogP contribution >= 0.6 is 23.2 Å². The van der Waals surface area contributed by atoms with E-state index in [0.717, 1.165) is 7.11 Å². The summed E-state index contributed by atoms with van der Waals surface area (Å²) in [5.41, 5.74) is -1.53. The zero-order valence-electron chi connectivity index (χ0n) is 15.9. The number of halogens is 19. The van der Waals surface area contributed by atoms with E-state index in [4.69, 9.17) is 23.2 Å². The number of rotatable bonds is 12. The van der Waals surface area contributed by atoms with Crippen LogP contribution in [0.4, 0.5) is 74.6 Å². The summed E-state index contributed by atoms with van der Waals surface area (Å²) >= 11 is 10.7. The molecule has 0 aromatic carbocycles. The SMILES string of the molecule is CO[Si](CCl)(CCl)CCC(F)(F)C(F)(F)C(F)(F)C(F)(F)C(F)(F)C(F)(F)C(F)(F)C(F)(F)F. The summed E-state index contributed by atoms with van der Waals surface area (Å²) in [6, 6.07) is -1.42. The van der Waals surface area contributed by atoms with Crippen LogP contribution in [0, 0.1) is 0 Å². The molecule has 0 heterocycles. The molecule has 0 unspecified atom stereocenters. The Labute approximate surface area is 189 Å². The first kappa shape index (κ1) is 33.6. The molecule has 0 N–H and O–H groups in total. The summed E-state index contributed by atoms with van der Waals surface area (Å²) in [5, 5.41) is 0. The van der Waals surface area contributed by atoms with Gasteiger partial charge in [0.15, 0.2) is 0 Å². The molecule has 0 aromatic heterocycles. The van der Waals surface area contributed by atoms with Crippen LogP contribution in [-0.4, -0.2) is 74.1 Å². The fourth-order valence-corrected chi connectivity index (χ4v) is 5.96. The third kappa shape index (κ3) is 4.78. The minimum atomic E-state index is -8.64. The first-order valence-electron chi connectivity index (χ1n) is 8.02. The number of alkyl halides is 19. The third-order valence-corrected chi connectivity index (χ3v) is 10.5. The van der Waals surface area contributed by atoms with E-state index in [-0.39, 0.29) is 0 Å². The lowest BCUT2D eigenvalue weighted by atomic mass is 9.88. The zero-order chi connectivity index (χ0) is 28.0. The summed E-state index contributed by atoms with van der Waals surface area (Å²) in [5.74, 6) is -56.4. The Hall–Kier alpha value is -0.433. The van der Waals surface area contributed by atoms with Crippen molar-refractivity contribution in [1.82, 2.24) is 0 Å². The molecule has 0 aliphatic carbocycles. The molecule has 0 spiro atoms. The fraction of sp³-hybridized carbons (Fsp3) is 1.00. The predicted octanol–water partition coefficient (Wildman–Crippen LogP) is 7.53. The van der Waals surface area contributed by atoms with E-state index in [0.29, 0.717) is 0 Å². The van der Waals surface area contributed by atoms with Gasteiger partial charge in [-0.1, -0.05) is 0 Å². The van der Waals surface area contributed by atoms with Gasteiger partial charge in [0.05, 0.1) is 0 Å². The molecule has 206 valence electrons. The standard InChI is InChI=1S/C13H11Cl2F17OSi/c1-33-34(4-14,5-15)3-2-6(16,17)7(18,19)8(20,21)9(22,23)10(24,25)11(26,27)12(28,29)13(30,31)32/h2-5H2,1H3. The summed E-state index contributed by atoms with van der Waals surface area (Å²) in [4.78, 5) is 0. The van der Waals surface area contributed by atoms with Gasteiger partial charge in [-0.3, -0.25) is 0 Å². The Morgan fingerprint density at radius 1 is 0.529 bits per heavy atom. The quantitative estimate of drug-likeness (QED) is 0.127. The van der Waals surface area contributed by atoms with Crippen molar-refractivity contribution in [2.75, 3.05) is 18.1 Å². The van der Waals surface area contributed by atoms with Gasteiger partial charge in [-0.15, -0.1) is 23.2 Å². The van der Waals surface area contributed by atoms with Gasteiger partial charge in [0.2, 0.25) is 8.32 Å². The molecule has 0 rings (SSSR count). The normalized spacial score (nSPS) is 16.2. The molecule has 0 amide bonds. The second kappa shape index (κ2) is 9.46. The van der Waals surface area contributed by atoms with Gasteiger partial charge in [-0.2, -0.15) is 74.6 Å². The van der Waals surface area contributed by atoms with Crippen molar-refractivity contribution in [2.24, 2.45) is 0 Å². The van der Waals surface area contributed by atoms with Crippen LogP contribution in [0.1, 0.15) is 6.42 Å². The van der Waals surface area contributed by atoms with Crippen LogP contribution in [0.2, 0.25) is 6.04 Å². The lowest BCUT2D eigenvalue weighted by Gasteiger charge is -2.43. The second-order valence-electron chi connectivity index (χ2n) is 6.80. The molecule has 0 aliphatic heterocycles. The zero-order valence-corrected chi connectivity index (χ0v) is 18.4. The Morgan fingerprint density at radius 2 is 0.824 bits per heavy atom. The highest BCUT2D eigenvalue weighted by atomic mass is 35.5. The van der Waals surface area contributed by atoms with Gasteiger partial charge in [0.25, 0.3) is 0 Å². The highest BCUT2D eigenvalue weighted by molar-refractivity contribution is 6.84. The van der Waals surface area contributed by atoms with Crippen LogP contribution in [0.25, 0.3) is 0 Å². The average molecular weight is 605 g/mol. The largest absolute Gasteiger partial charge is 0.460 e. The van der Waals surface area contributed by atoms with Crippen LogP contribution in [-0.2, 0) is 4.43 Å². The van der Waals surface area contributed by atoms with Crippen molar-refractivity contribution in [3.8, 4) is 0 Å². The average Bonchev–Trinajstić information content (AvgIpc) is 2.67. The summed E-state index contributed by atoms with van der Waals surface area (Å²) in [7, 11) is -3.08. The van der Waals surface area contributed by atoms with Gasteiger partial charge in [-0.05, 0) is 6.04 Å². The smallest absolute Gasteiger partial charge is 0.418 e. The second-order valence-corrected chi connectivity index (χ2v) is 12.2.